The first-order valence-electron chi connectivity index (χ1n) is 17.5. The Morgan fingerprint density at radius 1 is 0.327 bits per heavy atom. The fourth-order valence-electron chi connectivity index (χ4n) is 7.35. The fourth-order valence-corrected chi connectivity index (χ4v) is 7.35. The summed E-state index contributed by atoms with van der Waals surface area (Å²) in [7, 11) is 0. The molecule has 0 aliphatic heterocycles. The zero-order chi connectivity index (χ0) is 34.6. The van der Waals surface area contributed by atoms with Crippen LogP contribution in [0, 0.1) is 6.92 Å². The minimum atomic E-state index is 0.844. The molecule has 0 radical (unpaired) electrons. The first-order valence-corrected chi connectivity index (χ1v) is 17.5. The van der Waals surface area contributed by atoms with Gasteiger partial charge in [0.05, 0.1) is 33.1 Å². The smallest absolute Gasteiger partial charge is 0.145 e. The van der Waals surface area contributed by atoms with Gasteiger partial charge in [-0.2, -0.15) is 0 Å². The SMILES string of the molecule is Cc1ccc2nc(-c3cc(-c4nc5ccccc5n4-c4ccccc4)cc(-c4nc5ccccc5n4-c4ccccc4)c3)n(-c3ccccc3)c2c1. The lowest BCUT2D eigenvalue weighted by Gasteiger charge is -2.15. The van der Waals surface area contributed by atoms with Gasteiger partial charge in [0, 0.05) is 33.8 Å². The molecule has 0 aliphatic rings. The summed E-state index contributed by atoms with van der Waals surface area (Å²) in [5.41, 5.74) is 13.1. The number of aryl methyl sites for hydroxylation is 1. The number of fused-ring (bicyclic) bond motifs is 3. The topological polar surface area (TPSA) is 53.5 Å². The summed E-state index contributed by atoms with van der Waals surface area (Å²) < 4.78 is 6.77. The highest BCUT2D eigenvalue weighted by molar-refractivity contribution is 5.90. The van der Waals surface area contributed by atoms with Crippen LogP contribution in [0.3, 0.4) is 0 Å². The third-order valence-corrected chi connectivity index (χ3v) is 9.68. The summed E-state index contributed by atoms with van der Waals surface area (Å²) in [4.78, 5) is 15.9. The summed E-state index contributed by atoms with van der Waals surface area (Å²) in [6.07, 6.45) is 0. The van der Waals surface area contributed by atoms with Gasteiger partial charge in [-0.15, -0.1) is 0 Å². The molecule has 0 amide bonds. The standard InChI is InChI=1S/C46H32N6/c1-31-25-26-40-43(27-31)52(37-19-9-4-10-20-37)46(49-40)34-29-32(44-47-38-21-11-13-23-41(38)50(44)35-15-5-2-6-16-35)28-33(30-34)45-48-39-22-12-14-24-42(39)51(45)36-17-7-3-8-18-36/h2-30H,1H3. The number of para-hydroxylation sites is 7. The quantitative estimate of drug-likeness (QED) is 0.177. The van der Waals surface area contributed by atoms with Crippen molar-refractivity contribution >= 4 is 33.1 Å². The molecule has 0 atom stereocenters. The molecule has 246 valence electrons. The van der Waals surface area contributed by atoms with Crippen molar-refractivity contribution in [3.05, 3.63) is 181 Å². The van der Waals surface area contributed by atoms with Crippen molar-refractivity contribution in [2.45, 2.75) is 6.92 Å². The number of hydrogen-bond acceptors (Lipinski definition) is 3. The maximum absolute atomic E-state index is 5.33. The Morgan fingerprint density at radius 3 is 1.10 bits per heavy atom. The van der Waals surface area contributed by atoms with Crippen LogP contribution in [0.4, 0.5) is 0 Å². The number of rotatable bonds is 6. The van der Waals surface area contributed by atoms with E-state index in [0.717, 1.165) is 84.3 Å². The maximum atomic E-state index is 5.33. The molecule has 0 unspecified atom stereocenters. The fraction of sp³-hybridized carbons (Fsp3) is 0.0217. The van der Waals surface area contributed by atoms with E-state index in [2.05, 4.69) is 172 Å². The molecule has 6 heteroatoms. The average Bonchev–Trinajstić information content (AvgIpc) is 3.91. The Morgan fingerprint density at radius 2 is 0.673 bits per heavy atom. The van der Waals surface area contributed by atoms with E-state index in [1.807, 2.05) is 24.3 Å². The number of aromatic nitrogens is 6. The largest absolute Gasteiger partial charge is 0.292 e. The Hall–Kier alpha value is -7.05. The highest BCUT2D eigenvalue weighted by atomic mass is 15.1. The van der Waals surface area contributed by atoms with Crippen LogP contribution in [0.2, 0.25) is 0 Å². The van der Waals surface area contributed by atoms with Gasteiger partial charge in [0.1, 0.15) is 17.5 Å². The van der Waals surface area contributed by atoms with E-state index in [1.54, 1.807) is 0 Å². The van der Waals surface area contributed by atoms with E-state index in [0.29, 0.717) is 0 Å². The maximum Gasteiger partial charge on any atom is 0.145 e. The average molecular weight is 669 g/mol. The highest BCUT2D eigenvalue weighted by Gasteiger charge is 2.22. The van der Waals surface area contributed by atoms with Gasteiger partial charge >= 0.3 is 0 Å². The van der Waals surface area contributed by atoms with Gasteiger partial charge < -0.3 is 0 Å². The van der Waals surface area contributed by atoms with Crippen LogP contribution in [0.5, 0.6) is 0 Å². The van der Waals surface area contributed by atoms with Gasteiger partial charge in [0.2, 0.25) is 0 Å². The van der Waals surface area contributed by atoms with E-state index < -0.39 is 0 Å². The monoisotopic (exact) mass is 668 g/mol. The van der Waals surface area contributed by atoms with E-state index in [-0.39, 0.29) is 0 Å². The summed E-state index contributed by atoms with van der Waals surface area (Å²) in [5.74, 6) is 2.53. The summed E-state index contributed by atoms with van der Waals surface area (Å²) in [6.45, 7) is 2.13. The van der Waals surface area contributed by atoms with Crippen LogP contribution in [-0.2, 0) is 0 Å². The summed E-state index contributed by atoms with van der Waals surface area (Å²) in [5, 5.41) is 0. The Kier molecular flexibility index (Phi) is 6.93. The van der Waals surface area contributed by atoms with Crippen molar-refractivity contribution < 1.29 is 0 Å². The van der Waals surface area contributed by atoms with Gasteiger partial charge in [-0.1, -0.05) is 84.9 Å². The lowest BCUT2D eigenvalue weighted by Crippen LogP contribution is -2.02. The Balaban J connectivity index is 1.32. The Bertz CT molecular complexity index is 2760. The molecule has 0 saturated carbocycles. The number of benzene rings is 7. The van der Waals surface area contributed by atoms with Crippen LogP contribution < -0.4 is 0 Å². The van der Waals surface area contributed by atoms with Crippen LogP contribution in [0.15, 0.2) is 176 Å². The minimum absolute atomic E-state index is 0.844. The third kappa shape index (κ3) is 4.92. The van der Waals surface area contributed by atoms with E-state index >= 15 is 0 Å². The van der Waals surface area contributed by atoms with Crippen molar-refractivity contribution in [2.24, 2.45) is 0 Å². The van der Waals surface area contributed by atoms with Crippen LogP contribution >= 0.6 is 0 Å². The minimum Gasteiger partial charge on any atom is -0.292 e. The van der Waals surface area contributed by atoms with E-state index in [4.69, 9.17) is 15.0 Å². The van der Waals surface area contributed by atoms with Gasteiger partial charge in [-0.05, 0) is 103 Å². The predicted octanol–water partition coefficient (Wildman–Crippen LogP) is 11.0. The molecule has 52 heavy (non-hydrogen) atoms. The molecule has 10 aromatic rings. The first kappa shape index (κ1) is 29.8. The molecule has 3 heterocycles. The molecule has 0 fully saturated rings. The zero-order valence-corrected chi connectivity index (χ0v) is 28.4. The number of nitrogens with zero attached hydrogens (tertiary/aromatic N) is 6. The Labute approximate surface area is 300 Å². The molecule has 0 aliphatic carbocycles. The van der Waals surface area contributed by atoms with Crippen molar-refractivity contribution in [2.75, 3.05) is 0 Å². The number of imidazole rings is 3. The van der Waals surface area contributed by atoms with Crippen LogP contribution in [-0.4, -0.2) is 28.7 Å². The molecular formula is C46H32N6. The second-order valence-electron chi connectivity index (χ2n) is 13.1. The normalized spacial score (nSPS) is 11.6. The molecule has 0 saturated heterocycles. The van der Waals surface area contributed by atoms with E-state index in [1.165, 1.54) is 5.56 Å². The first-order chi connectivity index (χ1) is 25.7. The molecule has 6 nitrogen and oxygen atoms in total. The zero-order valence-electron chi connectivity index (χ0n) is 28.4. The summed E-state index contributed by atoms with van der Waals surface area (Å²) in [6, 6.07) is 61.2. The second kappa shape index (κ2) is 12.1. The molecule has 0 N–H and O–H groups in total. The van der Waals surface area contributed by atoms with Gasteiger partial charge in [0.15, 0.2) is 0 Å². The molecule has 0 spiro atoms. The van der Waals surface area contributed by atoms with Gasteiger partial charge in [-0.25, -0.2) is 15.0 Å². The molecular weight excluding hydrogens is 637 g/mol. The van der Waals surface area contributed by atoms with Crippen molar-refractivity contribution in [1.29, 1.82) is 0 Å². The lowest BCUT2D eigenvalue weighted by molar-refractivity contribution is 1.08. The van der Waals surface area contributed by atoms with Crippen molar-refractivity contribution in [3.63, 3.8) is 0 Å². The molecule has 10 rings (SSSR count). The van der Waals surface area contributed by atoms with Gasteiger partial charge in [-0.3, -0.25) is 13.7 Å². The van der Waals surface area contributed by atoms with Crippen molar-refractivity contribution in [1.82, 2.24) is 28.7 Å². The van der Waals surface area contributed by atoms with Crippen LogP contribution in [0.25, 0.3) is 84.3 Å². The predicted molar refractivity (Wildman–Crippen MR) is 211 cm³/mol. The van der Waals surface area contributed by atoms with Crippen LogP contribution in [0.1, 0.15) is 5.56 Å². The molecule has 0 bridgehead atoms. The lowest BCUT2D eigenvalue weighted by atomic mass is 10.0. The molecule has 3 aromatic heterocycles. The highest BCUT2D eigenvalue weighted by Crippen LogP contribution is 2.38. The van der Waals surface area contributed by atoms with Gasteiger partial charge in [0.25, 0.3) is 0 Å². The number of hydrogen-bond donors (Lipinski definition) is 0. The summed E-state index contributed by atoms with van der Waals surface area (Å²) >= 11 is 0. The molecule has 7 aromatic carbocycles. The second-order valence-corrected chi connectivity index (χ2v) is 13.1. The third-order valence-electron chi connectivity index (χ3n) is 9.68. The van der Waals surface area contributed by atoms with Crippen molar-refractivity contribution in [3.8, 4) is 51.2 Å². The van der Waals surface area contributed by atoms with E-state index in [9.17, 15) is 0 Å².